The topological polar surface area (TPSA) is 236 Å². The van der Waals surface area contributed by atoms with Crippen LogP contribution in [0.3, 0.4) is 0 Å². The van der Waals surface area contributed by atoms with Crippen LogP contribution in [0.25, 0.3) is 49.9 Å². The average Bonchev–Trinajstić information content (AvgIpc) is 4.14. The molecule has 5 heterocycles. The summed E-state index contributed by atoms with van der Waals surface area (Å²) in [6.07, 6.45) is 8.10. The molecule has 1 aliphatic heterocycles. The second kappa shape index (κ2) is 23.3. The number of hydrogen-bond acceptors (Lipinski definition) is 12. The Kier molecular flexibility index (Phi) is 16.4. The van der Waals surface area contributed by atoms with Crippen molar-refractivity contribution >= 4 is 51.9 Å². The van der Waals surface area contributed by atoms with Gasteiger partial charge in [0.25, 0.3) is 0 Å². The van der Waals surface area contributed by atoms with E-state index in [-0.39, 0.29) is 49.2 Å². The molecule has 7 aromatic rings. The number of aliphatic hydroxyl groups excluding tert-OH is 1. The van der Waals surface area contributed by atoms with E-state index in [2.05, 4.69) is 56.3 Å². The first-order chi connectivity index (χ1) is 36.5. The Labute approximate surface area is 448 Å². The number of amides is 4. The second-order valence-corrected chi connectivity index (χ2v) is 22.3. The Morgan fingerprint density at radius 1 is 0.842 bits per heavy atom. The SMILES string of the molecule is Cc1ncsc1-c1ccc(CNC(=O)[C@@H]2C[C@@H](O)CN2C(=O)C(NC(=O)CCCCCCNC(=O)CCc2cccc(-c3ccc4nc(-c5cccnc5N)n(-c5ccc(C6(N)CCC6)cc5)c4n3)c2)C(C)(C)C)cc1. The van der Waals surface area contributed by atoms with Crippen LogP contribution < -0.4 is 27.4 Å². The summed E-state index contributed by atoms with van der Waals surface area (Å²) in [5, 5.41) is 19.6. The average molecular weight is 1040 g/mol. The quantitative estimate of drug-likeness (QED) is 0.0397. The van der Waals surface area contributed by atoms with Crippen molar-refractivity contribution in [1.82, 2.24) is 45.4 Å². The summed E-state index contributed by atoms with van der Waals surface area (Å²) in [4.78, 5) is 75.2. The van der Waals surface area contributed by atoms with Crippen LogP contribution in [0.5, 0.6) is 0 Å². The van der Waals surface area contributed by atoms with Gasteiger partial charge in [-0.15, -0.1) is 11.3 Å². The summed E-state index contributed by atoms with van der Waals surface area (Å²) in [7, 11) is 0. The molecular formula is C59H69N11O5S. The summed E-state index contributed by atoms with van der Waals surface area (Å²) >= 11 is 1.58. The van der Waals surface area contributed by atoms with Crippen LogP contribution in [0.1, 0.15) is 107 Å². The van der Waals surface area contributed by atoms with Gasteiger partial charge >= 0.3 is 0 Å². The number of pyridine rings is 2. The molecule has 1 saturated carbocycles. The number of anilines is 1. The van der Waals surface area contributed by atoms with Gasteiger partial charge in [0.15, 0.2) is 11.5 Å². The number of aryl methyl sites for hydroxylation is 2. The molecule has 396 valence electrons. The second-order valence-electron chi connectivity index (χ2n) is 21.5. The lowest BCUT2D eigenvalue weighted by molar-refractivity contribution is -0.144. The number of benzene rings is 3. The zero-order chi connectivity index (χ0) is 53.6. The van der Waals surface area contributed by atoms with Crippen molar-refractivity contribution < 1.29 is 24.3 Å². The standard InChI is InChI=1S/C59H69N11O5S/c1-37-51(76-36-65-37)40-19-16-39(17-20-40)34-64-56(74)48-33-44(71)35-69(48)57(75)52(58(2,3)4)68-50(73)15-7-5-6-8-30-62-49(72)27-18-38-12-9-13-41(32-38)46-25-26-47-55(66-46)70(54(67-47)45-14-10-31-63-53(45)60)43-23-21-42(22-24-43)59(61)28-11-29-59/h9-10,12-14,16-17,19-26,31-32,36,44,48,52,71H,5-8,11,15,18,27-30,33-35,61H2,1-4H3,(H2,60,63)(H,62,72)(H,64,74)(H,68,73)/t44-,48+,52?/m1/s1. The molecule has 8 N–H and O–H groups in total. The van der Waals surface area contributed by atoms with E-state index >= 15 is 0 Å². The minimum absolute atomic E-state index is 0.00892. The normalized spacial score (nSPS) is 16.5. The highest BCUT2D eigenvalue weighted by atomic mass is 32.1. The van der Waals surface area contributed by atoms with Gasteiger partial charge < -0.3 is 37.4 Å². The number of nitrogens with one attached hydrogen (secondary N) is 3. The third kappa shape index (κ3) is 12.3. The summed E-state index contributed by atoms with van der Waals surface area (Å²) in [6.45, 7) is 8.41. The van der Waals surface area contributed by atoms with Gasteiger partial charge in [-0.3, -0.25) is 23.7 Å². The van der Waals surface area contributed by atoms with Gasteiger partial charge in [0.2, 0.25) is 23.6 Å². The number of nitrogens with two attached hydrogens (primary N) is 2. The Bertz CT molecular complexity index is 3200. The number of nitrogens with zero attached hydrogens (tertiary/aromatic N) is 6. The number of aliphatic hydroxyl groups is 1. The summed E-state index contributed by atoms with van der Waals surface area (Å²) in [6, 6.07) is 30.3. The first-order valence-corrected chi connectivity index (χ1v) is 27.3. The Hall–Kier alpha value is -7.34. The summed E-state index contributed by atoms with van der Waals surface area (Å²) in [5.74, 6) is -0.00268. The van der Waals surface area contributed by atoms with Crippen LogP contribution in [0.2, 0.25) is 0 Å². The highest BCUT2D eigenvalue weighted by Gasteiger charge is 2.44. The Morgan fingerprint density at radius 2 is 1.62 bits per heavy atom. The molecule has 17 heteroatoms. The van der Waals surface area contributed by atoms with Gasteiger partial charge in [-0.2, -0.15) is 0 Å². The lowest BCUT2D eigenvalue weighted by Gasteiger charge is -2.38. The van der Waals surface area contributed by atoms with Gasteiger partial charge in [0.05, 0.1) is 33.4 Å². The third-order valence-corrected chi connectivity index (χ3v) is 15.7. The molecule has 0 spiro atoms. The van der Waals surface area contributed by atoms with Crippen molar-refractivity contribution in [2.75, 3.05) is 18.8 Å². The number of carbonyl (C=O) groups is 4. The van der Waals surface area contributed by atoms with E-state index in [1.165, 1.54) is 4.90 Å². The monoisotopic (exact) mass is 1040 g/mol. The fraction of sp³-hybridized carbons (Fsp3) is 0.390. The minimum Gasteiger partial charge on any atom is -0.391 e. The maximum absolute atomic E-state index is 14.1. The van der Waals surface area contributed by atoms with Crippen molar-refractivity contribution in [1.29, 1.82) is 0 Å². The van der Waals surface area contributed by atoms with E-state index in [9.17, 15) is 24.3 Å². The molecule has 1 unspecified atom stereocenters. The van der Waals surface area contributed by atoms with Gasteiger partial charge in [0.1, 0.15) is 23.4 Å². The molecule has 16 nitrogen and oxygen atoms in total. The number of carbonyl (C=O) groups excluding carboxylic acids is 4. The van der Waals surface area contributed by atoms with E-state index in [0.29, 0.717) is 54.2 Å². The van der Waals surface area contributed by atoms with Gasteiger partial charge in [0, 0.05) is 61.9 Å². The predicted molar refractivity (Wildman–Crippen MR) is 298 cm³/mol. The van der Waals surface area contributed by atoms with Crippen molar-refractivity contribution in [2.45, 2.75) is 129 Å². The van der Waals surface area contributed by atoms with E-state index in [1.54, 1.807) is 17.5 Å². The highest BCUT2D eigenvalue weighted by molar-refractivity contribution is 7.13. The zero-order valence-electron chi connectivity index (χ0n) is 43.9. The molecule has 3 aromatic carbocycles. The van der Waals surface area contributed by atoms with Crippen LogP contribution in [0.15, 0.2) is 109 Å². The van der Waals surface area contributed by atoms with Gasteiger partial charge in [-0.1, -0.05) is 88.2 Å². The molecule has 3 atom stereocenters. The molecule has 2 fully saturated rings. The minimum atomic E-state index is -0.893. The fourth-order valence-electron chi connectivity index (χ4n) is 10.2. The number of nitrogen functional groups attached to an aromatic ring is 1. The van der Waals surface area contributed by atoms with Gasteiger partial charge in [-0.25, -0.2) is 19.9 Å². The first-order valence-electron chi connectivity index (χ1n) is 26.5. The molecule has 4 aromatic heterocycles. The Morgan fingerprint density at radius 3 is 2.33 bits per heavy atom. The largest absolute Gasteiger partial charge is 0.391 e. The molecular weight excluding hydrogens is 975 g/mol. The van der Waals surface area contributed by atoms with E-state index < -0.39 is 29.5 Å². The number of β-amino-alcohol motifs (C(OH)–C–C–N with tert-alkyl or cyclic N) is 1. The maximum atomic E-state index is 14.1. The molecule has 76 heavy (non-hydrogen) atoms. The van der Waals surface area contributed by atoms with Crippen LogP contribution in [-0.4, -0.2) is 89.4 Å². The van der Waals surface area contributed by atoms with Crippen LogP contribution >= 0.6 is 11.3 Å². The number of rotatable bonds is 20. The number of unbranched alkanes of at least 4 members (excludes halogenated alkanes) is 3. The van der Waals surface area contributed by atoms with Crippen LogP contribution in [0.4, 0.5) is 5.82 Å². The van der Waals surface area contributed by atoms with Crippen molar-refractivity contribution in [3.8, 4) is 38.8 Å². The molecule has 1 aliphatic carbocycles. The molecule has 9 rings (SSSR count). The summed E-state index contributed by atoms with van der Waals surface area (Å²) < 4.78 is 2.02. The van der Waals surface area contributed by atoms with Crippen LogP contribution in [0, 0.1) is 12.3 Å². The summed E-state index contributed by atoms with van der Waals surface area (Å²) in [5.41, 5.74) is 23.7. The Balaban J connectivity index is 0.722. The van der Waals surface area contributed by atoms with Crippen molar-refractivity contribution in [2.24, 2.45) is 11.1 Å². The van der Waals surface area contributed by atoms with E-state index in [4.69, 9.17) is 21.4 Å². The fourth-order valence-corrected chi connectivity index (χ4v) is 11.0. The van der Waals surface area contributed by atoms with Crippen molar-refractivity contribution in [3.63, 3.8) is 0 Å². The number of aromatic nitrogens is 5. The van der Waals surface area contributed by atoms with E-state index in [1.807, 2.05) is 105 Å². The van der Waals surface area contributed by atoms with E-state index in [0.717, 1.165) is 88.3 Å². The molecule has 0 bridgehead atoms. The molecule has 0 radical (unpaired) electrons. The van der Waals surface area contributed by atoms with Crippen molar-refractivity contribution in [3.05, 3.63) is 131 Å². The lowest BCUT2D eigenvalue weighted by Crippen LogP contribution is -2.57. The molecule has 2 aliphatic rings. The smallest absolute Gasteiger partial charge is 0.246 e. The number of hydrogen-bond donors (Lipinski definition) is 6. The zero-order valence-corrected chi connectivity index (χ0v) is 44.7. The number of likely N-dealkylation sites (tertiary alicyclic amines) is 1. The number of imidazole rings is 1. The highest BCUT2D eigenvalue weighted by Crippen LogP contribution is 2.40. The lowest BCUT2D eigenvalue weighted by atomic mass is 9.73. The number of fused-ring (bicyclic) bond motifs is 1. The van der Waals surface area contributed by atoms with Gasteiger partial charge in [-0.05, 0) is 116 Å². The predicted octanol–water partition coefficient (Wildman–Crippen LogP) is 8.31. The first kappa shape index (κ1) is 53.5. The maximum Gasteiger partial charge on any atom is 0.246 e. The molecule has 1 saturated heterocycles. The number of thiazole rings is 1. The third-order valence-electron chi connectivity index (χ3n) is 14.8. The van der Waals surface area contributed by atoms with Crippen LogP contribution in [-0.2, 0) is 37.7 Å². The molecule has 4 amide bonds.